The first-order chi connectivity index (χ1) is 6.38. The molecule has 0 bridgehead atoms. The van der Waals surface area contributed by atoms with Gasteiger partial charge in [0.1, 0.15) is 0 Å². The third-order valence-corrected chi connectivity index (χ3v) is 3.16. The Bertz CT molecular complexity index is 187. The van der Waals surface area contributed by atoms with Crippen LogP contribution < -0.4 is 10.6 Å². The fraction of sp³-hybridized carbons (Fsp3) is 0.900. The predicted octanol–water partition coefficient (Wildman–Crippen LogP) is 0.655. The standard InChI is InChI=1S/C10H18N2O/c13-10-8(4-1-2-6-12-10)9-5-3-7-11-9/h8-9,11H,1-7H2,(H,12,13). The maximum Gasteiger partial charge on any atom is 0.224 e. The average molecular weight is 182 g/mol. The summed E-state index contributed by atoms with van der Waals surface area (Å²) in [6.07, 6.45) is 5.83. The van der Waals surface area contributed by atoms with E-state index in [1.165, 1.54) is 19.3 Å². The van der Waals surface area contributed by atoms with E-state index in [-0.39, 0.29) is 11.8 Å². The van der Waals surface area contributed by atoms with Gasteiger partial charge in [0, 0.05) is 12.6 Å². The third-order valence-electron chi connectivity index (χ3n) is 3.16. The summed E-state index contributed by atoms with van der Waals surface area (Å²) in [5, 5.41) is 6.42. The van der Waals surface area contributed by atoms with Gasteiger partial charge in [-0.15, -0.1) is 0 Å². The number of amides is 1. The van der Waals surface area contributed by atoms with Crippen molar-refractivity contribution in [2.24, 2.45) is 5.92 Å². The number of carbonyl (C=O) groups excluding carboxylic acids is 1. The molecular formula is C10H18N2O. The van der Waals surface area contributed by atoms with E-state index in [2.05, 4.69) is 10.6 Å². The van der Waals surface area contributed by atoms with Gasteiger partial charge in [-0.25, -0.2) is 0 Å². The zero-order valence-corrected chi connectivity index (χ0v) is 8.01. The summed E-state index contributed by atoms with van der Waals surface area (Å²) < 4.78 is 0. The monoisotopic (exact) mass is 182 g/mol. The van der Waals surface area contributed by atoms with E-state index in [1.807, 2.05) is 0 Å². The molecule has 2 rings (SSSR count). The van der Waals surface area contributed by atoms with Crippen molar-refractivity contribution in [3.8, 4) is 0 Å². The molecular weight excluding hydrogens is 164 g/mol. The number of carbonyl (C=O) groups is 1. The molecule has 2 aliphatic rings. The van der Waals surface area contributed by atoms with Crippen LogP contribution in [0.25, 0.3) is 0 Å². The first kappa shape index (κ1) is 9.00. The summed E-state index contributed by atoms with van der Waals surface area (Å²) in [6.45, 7) is 1.97. The predicted molar refractivity (Wildman–Crippen MR) is 51.4 cm³/mol. The minimum atomic E-state index is 0.241. The second-order valence-corrected chi connectivity index (χ2v) is 4.10. The minimum Gasteiger partial charge on any atom is -0.356 e. The molecule has 3 nitrogen and oxygen atoms in total. The molecule has 3 heteroatoms. The van der Waals surface area contributed by atoms with E-state index in [0.717, 1.165) is 25.9 Å². The normalized spacial score (nSPS) is 35.5. The number of hydrogen-bond acceptors (Lipinski definition) is 2. The lowest BCUT2D eigenvalue weighted by molar-refractivity contribution is -0.125. The van der Waals surface area contributed by atoms with Gasteiger partial charge >= 0.3 is 0 Å². The van der Waals surface area contributed by atoms with Crippen molar-refractivity contribution in [1.29, 1.82) is 0 Å². The third kappa shape index (κ3) is 2.02. The second-order valence-electron chi connectivity index (χ2n) is 4.10. The van der Waals surface area contributed by atoms with Crippen molar-refractivity contribution in [1.82, 2.24) is 10.6 Å². The van der Waals surface area contributed by atoms with E-state index >= 15 is 0 Å². The van der Waals surface area contributed by atoms with E-state index in [0.29, 0.717) is 6.04 Å². The topological polar surface area (TPSA) is 41.1 Å². The van der Waals surface area contributed by atoms with Gasteiger partial charge in [0.2, 0.25) is 5.91 Å². The first-order valence-electron chi connectivity index (χ1n) is 5.39. The van der Waals surface area contributed by atoms with Crippen molar-refractivity contribution >= 4 is 5.91 Å². The van der Waals surface area contributed by atoms with Crippen LogP contribution in [0.2, 0.25) is 0 Å². The van der Waals surface area contributed by atoms with Crippen LogP contribution in [0.4, 0.5) is 0 Å². The summed E-state index contributed by atoms with van der Waals surface area (Å²) in [5.74, 6) is 0.516. The van der Waals surface area contributed by atoms with Crippen molar-refractivity contribution < 1.29 is 4.79 Å². The number of nitrogens with one attached hydrogen (secondary N) is 2. The van der Waals surface area contributed by atoms with Gasteiger partial charge in [0.25, 0.3) is 0 Å². The molecule has 2 heterocycles. The maximum atomic E-state index is 11.7. The molecule has 2 aliphatic heterocycles. The smallest absolute Gasteiger partial charge is 0.224 e. The van der Waals surface area contributed by atoms with Gasteiger partial charge in [0.05, 0.1) is 5.92 Å². The molecule has 0 spiro atoms. The highest BCUT2D eigenvalue weighted by atomic mass is 16.1. The Morgan fingerprint density at radius 1 is 1.08 bits per heavy atom. The van der Waals surface area contributed by atoms with Gasteiger partial charge in [-0.05, 0) is 32.2 Å². The number of hydrogen-bond donors (Lipinski definition) is 2. The van der Waals surface area contributed by atoms with E-state index in [4.69, 9.17) is 0 Å². The van der Waals surface area contributed by atoms with Crippen LogP contribution in [-0.2, 0) is 4.79 Å². The Morgan fingerprint density at radius 3 is 2.77 bits per heavy atom. The summed E-state index contributed by atoms with van der Waals surface area (Å²) in [6, 6.07) is 0.457. The minimum absolute atomic E-state index is 0.241. The van der Waals surface area contributed by atoms with Crippen LogP contribution in [0, 0.1) is 5.92 Å². The molecule has 0 aromatic rings. The average Bonchev–Trinajstić information content (AvgIpc) is 2.56. The van der Waals surface area contributed by atoms with Crippen LogP contribution in [0.5, 0.6) is 0 Å². The Morgan fingerprint density at radius 2 is 2.00 bits per heavy atom. The molecule has 1 amide bonds. The highest BCUT2D eigenvalue weighted by molar-refractivity contribution is 5.79. The van der Waals surface area contributed by atoms with Gasteiger partial charge in [-0.3, -0.25) is 4.79 Å². The van der Waals surface area contributed by atoms with Gasteiger partial charge < -0.3 is 10.6 Å². The lowest BCUT2D eigenvalue weighted by Crippen LogP contribution is -2.40. The molecule has 74 valence electrons. The van der Waals surface area contributed by atoms with Crippen molar-refractivity contribution in [2.45, 2.75) is 38.1 Å². The molecule has 0 aliphatic carbocycles. The highest BCUT2D eigenvalue weighted by Crippen LogP contribution is 2.22. The molecule has 2 N–H and O–H groups in total. The lowest BCUT2D eigenvalue weighted by Gasteiger charge is -2.20. The fourth-order valence-corrected chi connectivity index (χ4v) is 2.40. The van der Waals surface area contributed by atoms with Gasteiger partial charge in [-0.2, -0.15) is 0 Å². The fourth-order valence-electron chi connectivity index (χ4n) is 2.40. The van der Waals surface area contributed by atoms with Crippen molar-refractivity contribution in [3.05, 3.63) is 0 Å². The Labute approximate surface area is 79.3 Å². The molecule has 2 fully saturated rings. The van der Waals surface area contributed by atoms with E-state index < -0.39 is 0 Å². The molecule has 0 aromatic heterocycles. The molecule has 13 heavy (non-hydrogen) atoms. The highest BCUT2D eigenvalue weighted by Gasteiger charge is 2.30. The van der Waals surface area contributed by atoms with Crippen LogP contribution >= 0.6 is 0 Å². The van der Waals surface area contributed by atoms with Crippen LogP contribution in [0.3, 0.4) is 0 Å². The molecule has 2 unspecified atom stereocenters. The Hall–Kier alpha value is -0.570. The first-order valence-corrected chi connectivity index (χ1v) is 5.39. The van der Waals surface area contributed by atoms with E-state index in [9.17, 15) is 4.79 Å². The lowest BCUT2D eigenvalue weighted by atomic mass is 9.93. The maximum absolute atomic E-state index is 11.7. The quantitative estimate of drug-likeness (QED) is 0.625. The van der Waals surface area contributed by atoms with Crippen molar-refractivity contribution in [2.75, 3.05) is 13.1 Å². The largest absolute Gasteiger partial charge is 0.356 e. The zero-order valence-electron chi connectivity index (χ0n) is 8.01. The SMILES string of the molecule is O=C1NCCCCC1C1CCCN1. The van der Waals surface area contributed by atoms with Crippen LogP contribution in [-0.4, -0.2) is 25.0 Å². The molecule has 0 saturated carbocycles. The van der Waals surface area contributed by atoms with E-state index in [1.54, 1.807) is 0 Å². The molecule has 0 radical (unpaired) electrons. The molecule has 2 atom stereocenters. The Kier molecular flexibility index (Phi) is 2.83. The van der Waals surface area contributed by atoms with Crippen LogP contribution in [0.1, 0.15) is 32.1 Å². The van der Waals surface area contributed by atoms with Gasteiger partial charge in [-0.1, -0.05) is 6.42 Å². The number of rotatable bonds is 1. The summed E-state index contributed by atoms with van der Waals surface area (Å²) in [4.78, 5) is 11.7. The summed E-state index contributed by atoms with van der Waals surface area (Å²) >= 11 is 0. The Balaban J connectivity index is 1.97. The second kappa shape index (κ2) is 4.09. The van der Waals surface area contributed by atoms with Crippen molar-refractivity contribution in [3.63, 3.8) is 0 Å². The summed E-state index contributed by atoms with van der Waals surface area (Å²) in [7, 11) is 0. The van der Waals surface area contributed by atoms with Gasteiger partial charge in [0.15, 0.2) is 0 Å². The zero-order chi connectivity index (χ0) is 9.10. The summed E-state index contributed by atoms with van der Waals surface area (Å²) in [5.41, 5.74) is 0. The molecule has 0 aromatic carbocycles. The van der Waals surface area contributed by atoms with Crippen LogP contribution in [0.15, 0.2) is 0 Å². The molecule has 2 saturated heterocycles.